The minimum Gasteiger partial charge on any atom is -0.370 e. The fourth-order valence-corrected chi connectivity index (χ4v) is 4.84. The molecule has 2 amide bonds. The van der Waals surface area contributed by atoms with Crippen molar-refractivity contribution >= 4 is 34.1 Å². The minimum absolute atomic E-state index is 0.00110. The highest BCUT2D eigenvalue weighted by Gasteiger charge is 2.37. The Morgan fingerprint density at radius 1 is 0.791 bits per heavy atom. The number of aliphatic hydroxyl groups is 1. The number of alkyl halides is 3. The van der Waals surface area contributed by atoms with Gasteiger partial charge in [0.05, 0.1) is 18.5 Å². The molecule has 1 atom stereocenters. The van der Waals surface area contributed by atoms with Crippen molar-refractivity contribution in [2.45, 2.75) is 57.5 Å². The van der Waals surface area contributed by atoms with Crippen LogP contribution >= 0.6 is 11.3 Å². The summed E-state index contributed by atoms with van der Waals surface area (Å²) in [4.78, 5) is 24.7. The largest absolute Gasteiger partial charge is 0.427 e. The number of carbonyl (C=O) groups is 2. The van der Waals surface area contributed by atoms with E-state index in [4.69, 9.17) is 5.11 Å². The Hall–Kier alpha value is -4.27. The van der Waals surface area contributed by atoms with Crippen molar-refractivity contribution in [1.82, 2.24) is 25.7 Å². The standard InChI is InChI=1S/C29H30F3N7O3S/c30-29(31,32)27(42)33-18-21-10-6-9-20(15-21)17-25(41)35-28-39-38-26(43-28)12-5-4-11-22-13-14-23(37-36-22)34-24(40)16-19-7-2-1-3-8-19/h1-3,6-10,13-15,27,33,42H,4-5,11-12,16-18H2,(H,34,37,40)(H,35,39,41). The minimum atomic E-state index is -4.76. The summed E-state index contributed by atoms with van der Waals surface area (Å²) in [5.41, 5.74) is 2.83. The zero-order chi connectivity index (χ0) is 30.7. The van der Waals surface area contributed by atoms with Crippen LogP contribution in [0.25, 0.3) is 0 Å². The molecule has 0 spiro atoms. The van der Waals surface area contributed by atoms with Crippen LogP contribution in [-0.4, -0.2) is 49.7 Å². The number of carbonyl (C=O) groups excluding carboxylic acids is 2. The van der Waals surface area contributed by atoms with Crippen molar-refractivity contribution < 1.29 is 27.9 Å². The molecule has 0 saturated heterocycles. The number of unbranched alkanes of at least 4 members (excludes halogenated alkanes) is 1. The van der Waals surface area contributed by atoms with Gasteiger partial charge in [0.2, 0.25) is 23.2 Å². The van der Waals surface area contributed by atoms with E-state index in [9.17, 15) is 22.8 Å². The summed E-state index contributed by atoms with van der Waals surface area (Å²) in [5.74, 6) is -0.0903. The Morgan fingerprint density at radius 2 is 1.49 bits per heavy atom. The Morgan fingerprint density at radius 3 is 2.23 bits per heavy atom. The van der Waals surface area contributed by atoms with Crippen molar-refractivity contribution in [3.63, 3.8) is 0 Å². The van der Waals surface area contributed by atoms with Gasteiger partial charge in [0.25, 0.3) is 0 Å². The number of benzene rings is 2. The number of hydrogen-bond acceptors (Lipinski definition) is 9. The molecule has 1 unspecified atom stereocenters. The van der Waals surface area contributed by atoms with Gasteiger partial charge in [-0.05, 0) is 48.1 Å². The molecule has 2 aromatic heterocycles. The molecule has 0 radical (unpaired) electrons. The van der Waals surface area contributed by atoms with Crippen molar-refractivity contribution in [2.75, 3.05) is 10.6 Å². The second-order valence-corrected chi connectivity index (χ2v) is 10.8. The third kappa shape index (κ3) is 10.8. The van der Waals surface area contributed by atoms with Crippen LogP contribution < -0.4 is 16.0 Å². The number of aliphatic hydroxyl groups excluding tert-OH is 1. The van der Waals surface area contributed by atoms with Gasteiger partial charge in [0.15, 0.2) is 5.82 Å². The van der Waals surface area contributed by atoms with E-state index >= 15 is 0 Å². The third-order valence-electron chi connectivity index (χ3n) is 6.15. The summed E-state index contributed by atoms with van der Waals surface area (Å²) in [6.07, 6.45) is -4.09. The number of hydrogen-bond donors (Lipinski definition) is 4. The van der Waals surface area contributed by atoms with E-state index in [1.807, 2.05) is 41.7 Å². The molecule has 0 aliphatic carbocycles. The number of anilines is 2. The van der Waals surface area contributed by atoms with E-state index in [1.165, 1.54) is 11.3 Å². The maximum Gasteiger partial charge on any atom is 0.427 e. The average Bonchev–Trinajstić information content (AvgIpc) is 3.41. The Bertz CT molecular complexity index is 1480. The number of aromatic nitrogens is 4. The Labute approximate surface area is 249 Å². The number of aryl methyl sites for hydroxylation is 2. The molecule has 14 heteroatoms. The van der Waals surface area contributed by atoms with Crippen LogP contribution in [0.1, 0.15) is 40.2 Å². The molecule has 0 fully saturated rings. The summed E-state index contributed by atoms with van der Waals surface area (Å²) in [5, 5.41) is 34.1. The van der Waals surface area contributed by atoms with Gasteiger partial charge in [0.1, 0.15) is 5.01 Å². The van der Waals surface area contributed by atoms with E-state index in [2.05, 4.69) is 31.0 Å². The van der Waals surface area contributed by atoms with Crippen LogP contribution in [0.3, 0.4) is 0 Å². The SMILES string of the molecule is O=C(Cc1ccccc1)Nc1ccc(CCCCc2nnc(NC(=O)Cc3cccc(CNC(O)C(F)(F)F)c3)s2)nn1. The zero-order valence-electron chi connectivity index (χ0n) is 23.0. The zero-order valence-corrected chi connectivity index (χ0v) is 23.8. The number of amides is 2. The molecule has 10 nitrogen and oxygen atoms in total. The molecule has 0 saturated carbocycles. The lowest BCUT2D eigenvalue weighted by Gasteiger charge is -2.16. The molecule has 0 aliphatic rings. The first-order valence-electron chi connectivity index (χ1n) is 13.5. The summed E-state index contributed by atoms with van der Waals surface area (Å²) >= 11 is 1.28. The Balaban J connectivity index is 1.14. The predicted octanol–water partition coefficient (Wildman–Crippen LogP) is 4.23. The molecule has 4 aromatic rings. The van der Waals surface area contributed by atoms with Crippen LogP contribution in [0.15, 0.2) is 66.7 Å². The van der Waals surface area contributed by atoms with E-state index in [0.29, 0.717) is 34.9 Å². The van der Waals surface area contributed by atoms with Crippen LogP contribution in [0.2, 0.25) is 0 Å². The van der Waals surface area contributed by atoms with Gasteiger partial charge in [-0.2, -0.15) is 18.3 Å². The van der Waals surface area contributed by atoms with Gasteiger partial charge in [-0.3, -0.25) is 14.9 Å². The van der Waals surface area contributed by atoms with Crippen LogP contribution in [0.4, 0.5) is 24.1 Å². The van der Waals surface area contributed by atoms with Crippen molar-refractivity contribution in [1.29, 1.82) is 0 Å². The topological polar surface area (TPSA) is 142 Å². The fraction of sp³-hybridized carbons (Fsp3) is 0.310. The lowest BCUT2D eigenvalue weighted by molar-refractivity contribution is -0.213. The van der Waals surface area contributed by atoms with E-state index < -0.39 is 12.4 Å². The first-order chi connectivity index (χ1) is 20.6. The lowest BCUT2D eigenvalue weighted by Crippen LogP contribution is -2.41. The molecular formula is C29H30F3N7O3S. The fourth-order valence-electron chi connectivity index (χ4n) is 4.04. The molecule has 0 bridgehead atoms. The molecule has 2 aromatic carbocycles. The van der Waals surface area contributed by atoms with Gasteiger partial charge < -0.3 is 15.7 Å². The second kappa shape index (κ2) is 15.3. The number of halogens is 3. The molecule has 0 aliphatic heterocycles. The smallest absolute Gasteiger partial charge is 0.370 e. The molecule has 4 rings (SSSR count). The van der Waals surface area contributed by atoms with Gasteiger partial charge in [-0.15, -0.1) is 15.3 Å². The summed E-state index contributed by atoms with van der Waals surface area (Å²) in [6.45, 7) is -0.207. The summed E-state index contributed by atoms with van der Waals surface area (Å²) < 4.78 is 37.4. The van der Waals surface area contributed by atoms with Crippen LogP contribution in [0, 0.1) is 0 Å². The van der Waals surface area contributed by atoms with Crippen molar-refractivity contribution in [3.8, 4) is 0 Å². The highest BCUT2D eigenvalue weighted by molar-refractivity contribution is 7.15. The molecule has 2 heterocycles. The second-order valence-electron chi connectivity index (χ2n) is 9.70. The number of rotatable bonds is 14. The monoisotopic (exact) mass is 613 g/mol. The van der Waals surface area contributed by atoms with E-state index in [0.717, 1.165) is 29.1 Å². The highest BCUT2D eigenvalue weighted by Crippen LogP contribution is 2.20. The van der Waals surface area contributed by atoms with Gasteiger partial charge >= 0.3 is 6.18 Å². The first-order valence-corrected chi connectivity index (χ1v) is 14.3. The van der Waals surface area contributed by atoms with Gasteiger partial charge in [-0.25, -0.2) is 0 Å². The lowest BCUT2D eigenvalue weighted by atomic mass is 10.1. The molecular weight excluding hydrogens is 583 g/mol. The molecule has 4 N–H and O–H groups in total. The summed E-state index contributed by atoms with van der Waals surface area (Å²) in [6, 6.07) is 19.5. The quantitative estimate of drug-likeness (QED) is 0.122. The van der Waals surface area contributed by atoms with Crippen molar-refractivity contribution in [2.24, 2.45) is 0 Å². The number of nitrogens with one attached hydrogen (secondary N) is 3. The van der Waals surface area contributed by atoms with Gasteiger partial charge in [0, 0.05) is 13.0 Å². The normalized spacial score (nSPS) is 12.1. The maximum atomic E-state index is 12.5. The van der Waals surface area contributed by atoms with Crippen LogP contribution in [0.5, 0.6) is 0 Å². The van der Waals surface area contributed by atoms with Crippen LogP contribution in [-0.2, 0) is 41.8 Å². The Kier molecular flexibility index (Phi) is 11.2. The maximum absolute atomic E-state index is 12.5. The highest BCUT2D eigenvalue weighted by atomic mass is 32.1. The van der Waals surface area contributed by atoms with E-state index in [1.54, 1.807) is 30.3 Å². The predicted molar refractivity (Wildman–Crippen MR) is 155 cm³/mol. The van der Waals surface area contributed by atoms with E-state index in [-0.39, 0.29) is 31.2 Å². The van der Waals surface area contributed by atoms with Gasteiger partial charge in [-0.1, -0.05) is 65.9 Å². The first kappa shape index (κ1) is 31.7. The average molecular weight is 614 g/mol. The number of nitrogens with zero attached hydrogens (tertiary/aromatic N) is 4. The summed E-state index contributed by atoms with van der Waals surface area (Å²) in [7, 11) is 0. The van der Waals surface area contributed by atoms with Crippen molar-refractivity contribution in [3.05, 3.63) is 94.1 Å². The molecule has 226 valence electrons. The molecule has 43 heavy (non-hydrogen) atoms. The third-order valence-corrected chi connectivity index (χ3v) is 7.05.